The molecule has 3 aromatic carbocycles. The van der Waals surface area contributed by atoms with Gasteiger partial charge in [-0.25, -0.2) is 8.42 Å². The number of carbonyl (C=O) groups is 1. The van der Waals surface area contributed by atoms with E-state index in [-0.39, 0.29) is 27.5 Å². The second kappa shape index (κ2) is 8.62. The number of amides is 1. The predicted molar refractivity (Wildman–Crippen MR) is 111 cm³/mol. The summed E-state index contributed by atoms with van der Waals surface area (Å²) < 4.78 is 33.1. The molecule has 0 saturated heterocycles. The number of hydrogen-bond donors (Lipinski definition) is 2. The molecule has 0 radical (unpaired) electrons. The van der Waals surface area contributed by atoms with Crippen molar-refractivity contribution < 1.29 is 22.9 Å². The monoisotopic (exact) mass is 427 g/mol. The third-order valence-corrected chi connectivity index (χ3v) is 5.47. The third-order valence-electron chi connectivity index (χ3n) is 4.11. The molecule has 0 aliphatic heterocycles. The molecular formula is C20H17N3O6S. The van der Waals surface area contributed by atoms with Gasteiger partial charge in [-0.2, -0.15) is 0 Å². The lowest BCUT2D eigenvalue weighted by molar-refractivity contribution is -0.383. The van der Waals surface area contributed by atoms with Crippen molar-refractivity contribution in [1.29, 1.82) is 0 Å². The molecule has 0 aromatic heterocycles. The van der Waals surface area contributed by atoms with Crippen molar-refractivity contribution in [1.82, 2.24) is 0 Å². The number of anilines is 2. The molecule has 3 rings (SSSR count). The van der Waals surface area contributed by atoms with Gasteiger partial charge in [-0.05, 0) is 36.4 Å². The van der Waals surface area contributed by atoms with Crippen molar-refractivity contribution in [2.45, 2.75) is 4.90 Å². The number of ether oxygens (including phenoxy) is 1. The number of para-hydroxylation sites is 4. The molecule has 0 bridgehead atoms. The van der Waals surface area contributed by atoms with E-state index in [4.69, 9.17) is 4.74 Å². The van der Waals surface area contributed by atoms with E-state index in [0.29, 0.717) is 5.75 Å². The summed E-state index contributed by atoms with van der Waals surface area (Å²) in [6.45, 7) is 0. The van der Waals surface area contributed by atoms with Crippen LogP contribution in [0.4, 0.5) is 17.1 Å². The van der Waals surface area contributed by atoms with Gasteiger partial charge in [-0.1, -0.05) is 30.3 Å². The van der Waals surface area contributed by atoms with E-state index in [1.54, 1.807) is 30.3 Å². The molecule has 2 N–H and O–H groups in total. The SMILES string of the molecule is COc1ccccc1NS(=O)(=O)c1cccc(C(=O)Nc2ccccc2[N+](=O)[O-])c1. The van der Waals surface area contributed by atoms with Gasteiger partial charge in [0, 0.05) is 11.6 Å². The smallest absolute Gasteiger partial charge is 0.292 e. The largest absolute Gasteiger partial charge is 0.495 e. The van der Waals surface area contributed by atoms with Crippen LogP contribution in [0.5, 0.6) is 5.75 Å². The zero-order valence-electron chi connectivity index (χ0n) is 15.7. The normalized spacial score (nSPS) is 10.8. The fraction of sp³-hybridized carbons (Fsp3) is 0.0500. The maximum absolute atomic E-state index is 12.8. The minimum absolute atomic E-state index is 0.00732. The standard InChI is InChI=1S/C20H17N3O6S/c1-29-19-12-5-3-10-17(19)22-30(27,28)15-8-6-7-14(13-15)20(24)21-16-9-2-4-11-18(16)23(25)26/h2-13,22H,1H3,(H,21,24). The van der Waals surface area contributed by atoms with Gasteiger partial charge in [-0.3, -0.25) is 19.6 Å². The maximum Gasteiger partial charge on any atom is 0.292 e. The number of hydrogen-bond acceptors (Lipinski definition) is 6. The Morgan fingerprint density at radius 1 is 0.967 bits per heavy atom. The summed E-state index contributed by atoms with van der Waals surface area (Å²) in [5.74, 6) is -0.343. The van der Waals surface area contributed by atoms with Crippen LogP contribution < -0.4 is 14.8 Å². The molecule has 3 aromatic rings. The topological polar surface area (TPSA) is 128 Å². The first-order valence-electron chi connectivity index (χ1n) is 8.62. The van der Waals surface area contributed by atoms with Gasteiger partial charge < -0.3 is 10.1 Å². The lowest BCUT2D eigenvalue weighted by atomic mass is 10.2. The molecular weight excluding hydrogens is 410 g/mol. The molecule has 154 valence electrons. The molecule has 1 amide bonds. The van der Waals surface area contributed by atoms with Gasteiger partial charge >= 0.3 is 0 Å². The Kier molecular flexibility index (Phi) is 5.98. The number of nitrogens with one attached hydrogen (secondary N) is 2. The minimum atomic E-state index is -4.01. The first-order chi connectivity index (χ1) is 14.3. The fourth-order valence-electron chi connectivity index (χ4n) is 2.67. The van der Waals surface area contributed by atoms with Crippen LogP contribution in [0.15, 0.2) is 77.7 Å². The zero-order chi connectivity index (χ0) is 21.7. The van der Waals surface area contributed by atoms with E-state index in [1.807, 2.05) is 0 Å². The van der Waals surface area contributed by atoms with Crippen LogP contribution in [0.25, 0.3) is 0 Å². The van der Waals surface area contributed by atoms with Crippen LogP contribution in [-0.4, -0.2) is 26.4 Å². The number of nitro groups is 1. The molecule has 0 unspecified atom stereocenters. The van der Waals surface area contributed by atoms with Crippen molar-refractivity contribution in [2.75, 3.05) is 17.1 Å². The van der Waals surface area contributed by atoms with Crippen LogP contribution >= 0.6 is 0 Å². The van der Waals surface area contributed by atoms with Crippen molar-refractivity contribution in [2.24, 2.45) is 0 Å². The van der Waals surface area contributed by atoms with E-state index in [1.165, 1.54) is 49.6 Å². The molecule has 0 saturated carbocycles. The number of benzene rings is 3. The molecule has 0 aliphatic carbocycles. The molecule has 9 nitrogen and oxygen atoms in total. The molecule has 0 fully saturated rings. The predicted octanol–water partition coefficient (Wildman–Crippen LogP) is 3.66. The van der Waals surface area contributed by atoms with Gasteiger partial charge in [0.05, 0.1) is 22.6 Å². The highest BCUT2D eigenvalue weighted by molar-refractivity contribution is 7.92. The lowest BCUT2D eigenvalue weighted by Crippen LogP contribution is -2.16. The van der Waals surface area contributed by atoms with Crippen LogP contribution in [0.2, 0.25) is 0 Å². The quantitative estimate of drug-likeness (QED) is 0.437. The number of nitrogens with zero attached hydrogens (tertiary/aromatic N) is 1. The number of nitro benzene ring substituents is 1. The van der Waals surface area contributed by atoms with E-state index in [2.05, 4.69) is 10.0 Å². The van der Waals surface area contributed by atoms with E-state index >= 15 is 0 Å². The van der Waals surface area contributed by atoms with Crippen molar-refractivity contribution in [3.63, 3.8) is 0 Å². The highest BCUT2D eigenvalue weighted by Gasteiger charge is 2.20. The van der Waals surface area contributed by atoms with E-state index in [0.717, 1.165) is 0 Å². The Balaban J connectivity index is 1.87. The highest BCUT2D eigenvalue weighted by Crippen LogP contribution is 2.27. The Morgan fingerprint density at radius 2 is 1.63 bits per heavy atom. The summed E-state index contributed by atoms with van der Waals surface area (Å²) in [6, 6.07) is 17.5. The molecule has 0 atom stereocenters. The number of methoxy groups -OCH3 is 1. The van der Waals surface area contributed by atoms with Gasteiger partial charge in [0.1, 0.15) is 11.4 Å². The third kappa shape index (κ3) is 4.55. The summed E-state index contributed by atoms with van der Waals surface area (Å²) in [4.78, 5) is 22.9. The maximum atomic E-state index is 12.8. The Bertz CT molecular complexity index is 1210. The first-order valence-corrected chi connectivity index (χ1v) is 10.1. The molecule has 0 aliphatic rings. The summed E-state index contributed by atoms with van der Waals surface area (Å²) in [5, 5.41) is 13.5. The summed E-state index contributed by atoms with van der Waals surface area (Å²) in [7, 11) is -2.60. The molecule has 0 heterocycles. The van der Waals surface area contributed by atoms with Crippen LogP contribution in [0.3, 0.4) is 0 Å². The molecule has 30 heavy (non-hydrogen) atoms. The number of carbonyl (C=O) groups excluding carboxylic acids is 1. The first kappa shape index (κ1) is 20.8. The molecule has 10 heteroatoms. The highest BCUT2D eigenvalue weighted by atomic mass is 32.2. The van der Waals surface area contributed by atoms with Gasteiger partial charge in [0.15, 0.2) is 0 Å². The van der Waals surface area contributed by atoms with E-state index < -0.39 is 20.9 Å². The second-order valence-corrected chi connectivity index (χ2v) is 7.74. The Morgan fingerprint density at radius 3 is 2.33 bits per heavy atom. The minimum Gasteiger partial charge on any atom is -0.495 e. The molecule has 0 spiro atoms. The summed E-state index contributed by atoms with van der Waals surface area (Å²) in [6.07, 6.45) is 0. The van der Waals surface area contributed by atoms with Crippen molar-refractivity contribution >= 4 is 33.0 Å². The van der Waals surface area contributed by atoms with Gasteiger partial charge in [-0.15, -0.1) is 0 Å². The van der Waals surface area contributed by atoms with Crippen LogP contribution in [0.1, 0.15) is 10.4 Å². The number of sulfonamides is 1. The number of rotatable bonds is 7. The lowest BCUT2D eigenvalue weighted by Gasteiger charge is -2.12. The van der Waals surface area contributed by atoms with Gasteiger partial charge in [0.25, 0.3) is 21.6 Å². The average molecular weight is 427 g/mol. The average Bonchev–Trinajstić information content (AvgIpc) is 2.74. The Labute approximate surface area is 172 Å². The van der Waals surface area contributed by atoms with E-state index in [9.17, 15) is 23.3 Å². The van der Waals surface area contributed by atoms with Crippen molar-refractivity contribution in [3.8, 4) is 5.75 Å². The van der Waals surface area contributed by atoms with Gasteiger partial charge in [0.2, 0.25) is 0 Å². The van der Waals surface area contributed by atoms with Crippen molar-refractivity contribution in [3.05, 3.63) is 88.5 Å². The van der Waals surface area contributed by atoms with Crippen LogP contribution in [0, 0.1) is 10.1 Å². The summed E-state index contributed by atoms with van der Waals surface area (Å²) >= 11 is 0. The second-order valence-electron chi connectivity index (χ2n) is 6.06. The Hall–Kier alpha value is -3.92. The summed E-state index contributed by atoms with van der Waals surface area (Å²) in [5.41, 5.74) is 0.00573. The zero-order valence-corrected chi connectivity index (χ0v) is 16.5. The fourth-order valence-corrected chi connectivity index (χ4v) is 3.79. The van der Waals surface area contributed by atoms with Crippen LogP contribution in [-0.2, 0) is 10.0 Å².